The minimum absolute atomic E-state index is 0.0230. The molecule has 164 valence electrons. The van der Waals surface area contributed by atoms with Gasteiger partial charge in [-0.2, -0.15) is 5.26 Å². The van der Waals surface area contributed by atoms with Gasteiger partial charge in [0.1, 0.15) is 17.6 Å². The number of carbonyl (C=O) groups excluding carboxylic acids is 1. The van der Waals surface area contributed by atoms with Crippen LogP contribution in [0.1, 0.15) is 17.3 Å². The van der Waals surface area contributed by atoms with Crippen LogP contribution < -0.4 is 19.5 Å². The van der Waals surface area contributed by atoms with Gasteiger partial charge in [-0.25, -0.2) is 8.42 Å². The highest BCUT2D eigenvalue weighted by molar-refractivity contribution is 7.92. The third-order valence-electron chi connectivity index (χ3n) is 4.24. The summed E-state index contributed by atoms with van der Waals surface area (Å²) in [6, 6.07) is 20.6. The third-order valence-corrected chi connectivity index (χ3v) is 5.64. The molecule has 0 aliphatic heterocycles. The van der Waals surface area contributed by atoms with Crippen LogP contribution in [-0.2, 0) is 10.0 Å². The molecule has 0 spiro atoms. The average molecular weight is 452 g/mol. The second-order valence-electron chi connectivity index (χ2n) is 6.52. The number of hydrogen-bond acceptors (Lipinski definition) is 6. The zero-order valence-electron chi connectivity index (χ0n) is 17.2. The quantitative estimate of drug-likeness (QED) is 0.507. The number of amides is 1. The molecule has 0 bridgehead atoms. The maximum Gasteiger partial charge on any atom is 0.261 e. The first kappa shape index (κ1) is 22.7. The summed E-state index contributed by atoms with van der Waals surface area (Å²) in [6.07, 6.45) is 0. The summed E-state index contributed by atoms with van der Waals surface area (Å²) in [5.74, 6) is 0.685. The number of sulfonamides is 1. The number of nitrogens with zero attached hydrogens (tertiary/aromatic N) is 1. The van der Waals surface area contributed by atoms with E-state index in [1.165, 1.54) is 24.3 Å². The fourth-order valence-corrected chi connectivity index (χ4v) is 3.83. The molecule has 0 saturated carbocycles. The first-order chi connectivity index (χ1) is 15.4. The molecule has 9 heteroatoms. The summed E-state index contributed by atoms with van der Waals surface area (Å²) in [4.78, 5) is 12.5. The van der Waals surface area contributed by atoms with Gasteiger partial charge in [0.05, 0.1) is 11.5 Å². The predicted octanol–water partition coefficient (Wildman–Crippen LogP) is 4.04. The van der Waals surface area contributed by atoms with Gasteiger partial charge in [0.25, 0.3) is 15.9 Å². The molecule has 0 heterocycles. The van der Waals surface area contributed by atoms with Crippen molar-refractivity contribution in [3.8, 4) is 17.6 Å². The van der Waals surface area contributed by atoms with E-state index in [2.05, 4.69) is 10.0 Å². The molecule has 0 aliphatic rings. The van der Waals surface area contributed by atoms with Gasteiger partial charge in [-0.05, 0) is 67.6 Å². The zero-order chi connectivity index (χ0) is 23.0. The number of hydrogen-bond donors (Lipinski definition) is 2. The topological polar surface area (TPSA) is 118 Å². The lowest BCUT2D eigenvalue weighted by Crippen LogP contribution is -2.15. The van der Waals surface area contributed by atoms with E-state index in [0.717, 1.165) is 0 Å². The molecular formula is C23H21N3O5S. The van der Waals surface area contributed by atoms with E-state index in [9.17, 15) is 13.2 Å². The minimum atomic E-state index is -3.82. The van der Waals surface area contributed by atoms with Crippen molar-refractivity contribution in [1.82, 2.24) is 0 Å². The normalized spacial score (nSPS) is 10.6. The molecule has 32 heavy (non-hydrogen) atoms. The summed E-state index contributed by atoms with van der Waals surface area (Å²) in [5, 5.41) is 11.3. The first-order valence-corrected chi connectivity index (χ1v) is 11.2. The van der Waals surface area contributed by atoms with Gasteiger partial charge in [-0.1, -0.05) is 6.07 Å². The smallest absolute Gasteiger partial charge is 0.261 e. The Hall–Kier alpha value is -4.03. The Balaban J connectivity index is 1.67. The number of ether oxygens (including phenoxy) is 2. The monoisotopic (exact) mass is 451 g/mol. The fourth-order valence-electron chi connectivity index (χ4n) is 2.77. The van der Waals surface area contributed by atoms with Crippen LogP contribution in [0, 0.1) is 11.3 Å². The summed E-state index contributed by atoms with van der Waals surface area (Å²) >= 11 is 0. The van der Waals surface area contributed by atoms with Crippen LogP contribution in [0.3, 0.4) is 0 Å². The maximum absolute atomic E-state index is 12.6. The Morgan fingerprint density at radius 2 is 1.66 bits per heavy atom. The van der Waals surface area contributed by atoms with E-state index >= 15 is 0 Å². The van der Waals surface area contributed by atoms with Crippen LogP contribution >= 0.6 is 0 Å². The Morgan fingerprint density at radius 1 is 0.938 bits per heavy atom. The highest BCUT2D eigenvalue weighted by Gasteiger charge is 2.15. The van der Waals surface area contributed by atoms with Gasteiger partial charge in [0, 0.05) is 23.0 Å². The molecule has 0 radical (unpaired) electrons. The molecule has 0 aliphatic carbocycles. The molecule has 3 aromatic carbocycles. The lowest BCUT2D eigenvalue weighted by Gasteiger charge is -2.10. The number of carbonyl (C=O) groups is 1. The minimum Gasteiger partial charge on any atom is -0.494 e. The largest absolute Gasteiger partial charge is 0.494 e. The van der Waals surface area contributed by atoms with Crippen LogP contribution in [0.15, 0.2) is 77.7 Å². The van der Waals surface area contributed by atoms with Gasteiger partial charge < -0.3 is 14.8 Å². The molecule has 2 N–H and O–H groups in total. The van der Waals surface area contributed by atoms with Crippen molar-refractivity contribution >= 4 is 27.3 Å². The van der Waals surface area contributed by atoms with Crippen molar-refractivity contribution in [2.24, 2.45) is 0 Å². The number of anilines is 2. The van der Waals surface area contributed by atoms with E-state index in [1.807, 2.05) is 13.0 Å². The van der Waals surface area contributed by atoms with E-state index in [0.29, 0.717) is 29.5 Å². The van der Waals surface area contributed by atoms with Crippen molar-refractivity contribution in [2.75, 3.05) is 23.3 Å². The van der Waals surface area contributed by atoms with Crippen LogP contribution in [0.4, 0.5) is 11.4 Å². The van der Waals surface area contributed by atoms with Crippen LogP contribution in [-0.4, -0.2) is 27.5 Å². The van der Waals surface area contributed by atoms with Gasteiger partial charge >= 0.3 is 0 Å². The molecule has 8 nitrogen and oxygen atoms in total. The highest BCUT2D eigenvalue weighted by Crippen LogP contribution is 2.21. The van der Waals surface area contributed by atoms with Crippen molar-refractivity contribution in [1.29, 1.82) is 5.26 Å². The summed E-state index contributed by atoms with van der Waals surface area (Å²) in [6.45, 7) is 2.28. The SMILES string of the molecule is CCOc1ccc(NS(=O)(=O)c2ccc(C(=O)Nc3cccc(OCC#N)c3)cc2)cc1. The summed E-state index contributed by atoms with van der Waals surface area (Å²) in [7, 11) is -3.82. The molecule has 0 fully saturated rings. The van der Waals surface area contributed by atoms with E-state index in [4.69, 9.17) is 14.7 Å². The van der Waals surface area contributed by atoms with Crippen molar-refractivity contribution in [3.63, 3.8) is 0 Å². The molecule has 1 amide bonds. The van der Waals surface area contributed by atoms with Crippen LogP contribution in [0.2, 0.25) is 0 Å². The Morgan fingerprint density at radius 3 is 2.31 bits per heavy atom. The second kappa shape index (κ2) is 10.3. The predicted molar refractivity (Wildman–Crippen MR) is 120 cm³/mol. The van der Waals surface area contributed by atoms with E-state index in [-0.39, 0.29) is 17.1 Å². The lowest BCUT2D eigenvalue weighted by molar-refractivity contribution is 0.102. The Labute approximate surface area is 186 Å². The van der Waals surface area contributed by atoms with Gasteiger partial charge in [0.15, 0.2) is 6.61 Å². The van der Waals surface area contributed by atoms with E-state index < -0.39 is 15.9 Å². The molecule has 0 unspecified atom stereocenters. The number of benzene rings is 3. The van der Waals surface area contributed by atoms with Crippen LogP contribution in [0.25, 0.3) is 0 Å². The van der Waals surface area contributed by atoms with Crippen molar-refractivity contribution in [2.45, 2.75) is 11.8 Å². The molecule has 3 aromatic rings. The molecule has 0 atom stereocenters. The average Bonchev–Trinajstić information content (AvgIpc) is 2.79. The standard InChI is InChI=1S/C23H21N3O5S/c1-2-30-20-10-8-18(9-11-20)26-32(28,29)22-12-6-17(7-13-22)23(27)25-19-4-3-5-21(16-19)31-15-14-24/h3-13,16,26H,2,15H2,1H3,(H,25,27). The maximum atomic E-state index is 12.6. The van der Waals surface area contributed by atoms with E-state index in [1.54, 1.807) is 48.5 Å². The lowest BCUT2D eigenvalue weighted by atomic mass is 10.2. The fraction of sp³-hybridized carbons (Fsp3) is 0.130. The molecule has 3 rings (SSSR count). The number of nitrogens with one attached hydrogen (secondary N) is 2. The molecule has 0 aromatic heterocycles. The van der Waals surface area contributed by atoms with Gasteiger partial charge in [-0.15, -0.1) is 0 Å². The number of nitriles is 1. The Bertz CT molecular complexity index is 1220. The van der Waals surface area contributed by atoms with Gasteiger partial charge in [-0.3, -0.25) is 9.52 Å². The van der Waals surface area contributed by atoms with Crippen molar-refractivity contribution < 1.29 is 22.7 Å². The highest BCUT2D eigenvalue weighted by atomic mass is 32.2. The van der Waals surface area contributed by atoms with Crippen molar-refractivity contribution in [3.05, 3.63) is 78.4 Å². The zero-order valence-corrected chi connectivity index (χ0v) is 18.1. The summed E-state index contributed by atoms with van der Waals surface area (Å²) in [5.41, 5.74) is 1.17. The first-order valence-electron chi connectivity index (χ1n) is 9.68. The second-order valence-corrected chi connectivity index (χ2v) is 8.20. The Kier molecular flexibility index (Phi) is 7.31. The van der Waals surface area contributed by atoms with Gasteiger partial charge in [0.2, 0.25) is 0 Å². The molecule has 0 saturated heterocycles. The molecular weight excluding hydrogens is 430 g/mol. The summed E-state index contributed by atoms with van der Waals surface area (Å²) < 4.78 is 38.3. The third kappa shape index (κ3) is 6.00. The number of rotatable bonds is 9. The van der Waals surface area contributed by atoms with Crippen LogP contribution in [0.5, 0.6) is 11.5 Å².